The maximum Gasteiger partial charge on any atom is 0.407 e. The summed E-state index contributed by atoms with van der Waals surface area (Å²) in [5, 5.41) is 20.2. The van der Waals surface area contributed by atoms with Crippen molar-refractivity contribution in [3.05, 3.63) is 35.9 Å². The summed E-state index contributed by atoms with van der Waals surface area (Å²) in [5.74, 6) is -1.86. The highest BCUT2D eigenvalue weighted by atomic mass is 16.6. The first kappa shape index (κ1) is 26.9. The normalized spacial score (nSPS) is 13.8. The van der Waals surface area contributed by atoms with Crippen molar-refractivity contribution in [2.45, 2.75) is 64.3 Å². The third kappa shape index (κ3) is 9.34. The third-order valence-electron chi connectivity index (χ3n) is 4.32. The minimum atomic E-state index is -1.58. The number of carbonyl (C=O) groups excluding carboxylic acids is 4. The van der Waals surface area contributed by atoms with Crippen LogP contribution in [0.15, 0.2) is 30.3 Å². The second-order valence-electron chi connectivity index (χ2n) is 8.23. The number of alkyl carbamates (subject to hydrolysis) is 1. The summed E-state index contributed by atoms with van der Waals surface area (Å²) in [4.78, 5) is 48.9. The highest BCUT2D eigenvalue weighted by Gasteiger charge is 2.29. The van der Waals surface area contributed by atoms with Gasteiger partial charge in [-0.05, 0) is 32.8 Å². The van der Waals surface area contributed by atoms with Gasteiger partial charge in [-0.2, -0.15) is 0 Å². The van der Waals surface area contributed by atoms with E-state index in [1.807, 2.05) is 6.92 Å². The summed E-state index contributed by atoms with van der Waals surface area (Å²) >= 11 is 0. The molecule has 10 nitrogen and oxygen atoms in total. The predicted molar refractivity (Wildman–Crippen MR) is 118 cm³/mol. The van der Waals surface area contributed by atoms with Gasteiger partial charge >= 0.3 is 6.09 Å². The number of rotatable bonds is 10. The molecular formula is C22H34N4O6. The maximum atomic E-state index is 12.4. The van der Waals surface area contributed by atoms with E-state index in [2.05, 4.69) is 21.3 Å². The van der Waals surface area contributed by atoms with Gasteiger partial charge in [0.15, 0.2) is 6.10 Å². The quantitative estimate of drug-likeness (QED) is 0.356. The second-order valence-corrected chi connectivity index (χ2v) is 8.23. The van der Waals surface area contributed by atoms with Gasteiger partial charge in [-0.3, -0.25) is 14.4 Å². The number of aliphatic hydroxyl groups excluding tert-OH is 1. The van der Waals surface area contributed by atoms with Gasteiger partial charge in [0.1, 0.15) is 11.6 Å². The van der Waals surface area contributed by atoms with E-state index in [0.717, 1.165) is 0 Å². The molecule has 32 heavy (non-hydrogen) atoms. The summed E-state index contributed by atoms with van der Waals surface area (Å²) in [6.07, 6.45) is -1.42. The lowest BCUT2D eigenvalue weighted by Crippen LogP contribution is -2.53. The number of amides is 4. The van der Waals surface area contributed by atoms with E-state index < -0.39 is 54.1 Å². The van der Waals surface area contributed by atoms with E-state index in [0.29, 0.717) is 18.4 Å². The number of nitrogens with one attached hydrogen (secondary N) is 4. The predicted octanol–water partition coefficient (Wildman–Crippen LogP) is 0.760. The Morgan fingerprint density at radius 3 is 2.19 bits per heavy atom. The fraction of sp³-hybridized carbons (Fsp3) is 0.545. The molecule has 0 aliphatic heterocycles. The Balaban J connectivity index is 2.69. The minimum Gasteiger partial charge on any atom is -0.444 e. The molecular weight excluding hydrogens is 416 g/mol. The Morgan fingerprint density at radius 1 is 1.03 bits per heavy atom. The molecule has 178 valence electrons. The van der Waals surface area contributed by atoms with Crippen LogP contribution < -0.4 is 21.3 Å². The topological polar surface area (TPSA) is 146 Å². The molecule has 0 aliphatic carbocycles. The van der Waals surface area contributed by atoms with Crippen molar-refractivity contribution in [2.24, 2.45) is 0 Å². The lowest BCUT2D eigenvalue weighted by molar-refractivity contribution is -0.133. The van der Waals surface area contributed by atoms with Crippen LogP contribution in [0.3, 0.4) is 0 Å². The van der Waals surface area contributed by atoms with E-state index in [-0.39, 0.29) is 0 Å². The second kappa shape index (κ2) is 12.7. The van der Waals surface area contributed by atoms with E-state index in [4.69, 9.17) is 4.74 Å². The van der Waals surface area contributed by atoms with Gasteiger partial charge < -0.3 is 31.1 Å². The molecule has 0 heterocycles. The molecule has 3 atom stereocenters. The molecule has 4 amide bonds. The molecule has 0 saturated heterocycles. The van der Waals surface area contributed by atoms with Crippen LogP contribution in [0.4, 0.5) is 4.79 Å². The first-order chi connectivity index (χ1) is 15.0. The Labute approximate surface area is 188 Å². The van der Waals surface area contributed by atoms with E-state index in [9.17, 15) is 24.3 Å². The number of carbonyl (C=O) groups is 4. The lowest BCUT2D eigenvalue weighted by atomic mass is 10.1. The lowest BCUT2D eigenvalue weighted by Gasteiger charge is -2.26. The third-order valence-corrected chi connectivity index (χ3v) is 4.32. The summed E-state index contributed by atoms with van der Waals surface area (Å²) in [6.45, 7) is 6.48. The van der Waals surface area contributed by atoms with Crippen molar-refractivity contribution in [1.29, 1.82) is 0 Å². The highest BCUT2D eigenvalue weighted by Crippen LogP contribution is 2.12. The van der Waals surface area contributed by atoms with Crippen molar-refractivity contribution < 1.29 is 29.0 Å². The van der Waals surface area contributed by atoms with Crippen LogP contribution in [-0.2, 0) is 19.1 Å². The van der Waals surface area contributed by atoms with Crippen molar-refractivity contribution in [2.75, 3.05) is 13.6 Å². The molecule has 0 radical (unpaired) electrons. The summed E-state index contributed by atoms with van der Waals surface area (Å²) < 4.78 is 5.17. The van der Waals surface area contributed by atoms with Gasteiger partial charge in [0, 0.05) is 7.05 Å². The highest BCUT2D eigenvalue weighted by molar-refractivity contribution is 5.91. The number of benzene rings is 1. The molecule has 0 aromatic heterocycles. The first-order valence-electron chi connectivity index (χ1n) is 10.5. The van der Waals surface area contributed by atoms with Crippen LogP contribution in [0, 0.1) is 0 Å². The Bertz CT molecular complexity index is 778. The van der Waals surface area contributed by atoms with Gasteiger partial charge in [-0.25, -0.2) is 4.79 Å². The van der Waals surface area contributed by atoms with E-state index in [1.54, 1.807) is 51.1 Å². The van der Waals surface area contributed by atoms with Gasteiger partial charge in [-0.15, -0.1) is 0 Å². The molecule has 10 heteroatoms. The van der Waals surface area contributed by atoms with Gasteiger partial charge in [0.05, 0.1) is 12.6 Å². The van der Waals surface area contributed by atoms with E-state index >= 15 is 0 Å². The molecule has 5 N–H and O–H groups in total. The molecule has 0 saturated carbocycles. The average molecular weight is 451 g/mol. The Hall–Kier alpha value is -3.14. The zero-order valence-electron chi connectivity index (χ0n) is 19.2. The Morgan fingerprint density at radius 2 is 1.66 bits per heavy atom. The fourth-order valence-corrected chi connectivity index (χ4v) is 2.84. The monoisotopic (exact) mass is 450 g/mol. The summed E-state index contributed by atoms with van der Waals surface area (Å²) in [6, 6.07) is 6.83. The van der Waals surface area contributed by atoms with Crippen LogP contribution in [0.5, 0.6) is 0 Å². The molecule has 1 rings (SSSR count). The van der Waals surface area contributed by atoms with Gasteiger partial charge in [0.25, 0.3) is 5.91 Å². The smallest absolute Gasteiger partial charge is 0.407 e. The summed E-state index contributed by atoms with van der Waals surface area (Å²) in [5.41, 5.74) is -0.150. The fourth-order valence-electron chi connectivity index (χ4n) is 2.84. The molecule has 1 aromatic carbocycles. The SMILES string of the molecule is CCC[C@H](NC(=O)OC(C)(C)C)C(O)C(=O)NCC(=O)N[C@H](C(=O)NC)c1ccccc1. The number of hydrogen-bond donors (Lipinski definition) is 5. The van der Waals surface area contributed by atoms with Crippen molar-refractivity contribution >= 4 is 23.8 Å². The largest absolute Gasteiger partial charge is 0.444 e. The molecule has 1 unspecified atom stereocenters. The van der Waals surface area contributed by atoms with Crippen molar-refractivity contribution in [3.8, 4) is 0 Å². The maximum absolute atomic E-state index is 12.4. The zero-order valence-corrected chi connectivity index (χ0v) is 19.2. The van der Waals surface area contributed by atoms with Crippen LogP contribution in [-0.4, -0.2) is 60.3 Å². The van der Waals surface area contributed by atoms with Crippen molar-refractivity contribution in [3.63, 3.8) is 0 Å². The van der Waals surface area contributed by atoms with Gasteiger partial charge in [-0.1, -0.05) is 43.7 Å². The number of hydrogen-bond acceptors (Lipinski definition) is 6. The van der Waals surface area contributed by atoms with Crippen molar-refractivity contribution in [1.82, 2.24) is 21.3 Å². The molecule has 0 spiro atoms. The molecule has 0 fully saturated rings. The van der Waals surface area contributed by atoms with E-state index in [1.165, 1.54) is 7.05 Å². The Kier molecular flexibility index (Phi) is 10.6. The molecule has 0 aliphatic rings. The average Bonchev–Trinajstić information content (AvgIpc) is 2.73. The summed E-state index contributed by atoms with van der Waals surface area (Å²) in [7, 11) is 1.45. The van der Waals surface area contributed by atoms with Crippen LogP contribution >= 0.6 is 0 Å². The van der Waals surface area contributed by atoms with Crippen LogP contribution in [0.1, 0.15) is 52.1 Å². The minimum absolute atomic E-state index is 0.326. The number of aliphatic hydroxyl groups is 1. The van der Waals surface area contributed by atoms with Crippen LogP contribution in [0.2, 0.25) is 0 Å². The standard InChI is InChI=1S/C22H34N4O6/c1-6-10-15(25-21(31)32-22(2,3)4)18(28)20(30)24-13-16(27)26-17(19(29)23-5)14-11-8-7-9-12-14/h7-9,11-12,15,17-18,28H,6,10,13H2,1-5H3,(H,23,29)(H,24,30)(H,25,31)(H,26,27)/t15-,17-,18?/m0/s1. The van der Waals surface area contributed by atoms with Crippen LogP contribution in [0.25, 0.3) is 0 Å². The molecule has 0 bridgehead atoms. The first-order valence-corrected chi connectivity index (χ1v) is 10.5. The van der Waals surface area contributed by atoms with Gasteiger partial charge in [0.2, 0.25) is 11.8 Å². The number of ether oxygens (including phenoxy) is 1. The molecule has 1 aromatic rings. The number of likely N-dealkylation sites (N-methyl/N-ethyl adjacent to an activating group) is 1. The zero-order chi connectivity index (χ0) is 24.3.